The molecule has 1 heterocycles. The number of aromatic nitrogens is 1. The number of methoxy groups -OCH3 is 3. The average molecular weight is 578 g/mol. The summed E-state index contributed by atoms with van der Waals surface area (Å²) in [5, 5.41) is 5.06. The molecule has 0 radical (unpaired) electrons. The quantitative estimate of drug-likeness (QED) is 0.318. The zero-order chi connectivity index (χ0) is 27.5. The third-order valence-corrected chi connectivity index (χ3v) is 7.62. The van der Waals surface area contributed by atoms with Crippen LogP contribution in [0.15, 0.2) is 65.6 Å². The minimum Gasteiger partial charge on any atom is -1.00 e. The zero-order valence-electron chi connectivity index (χ0n) is 22.9. The monoisotopic (exact) mass is 577 g/mol. The van der Waals surface area contributed by atoms with E-state index in [-0.39, 0.29) is 18.3 Å². The van der Waals surface area contributed by atoms with Crippen LogP contribution in [0.5, 0.6) is 17.2 Å². The number of carbonyl (C=O) groups is 1. The highest BCUT2D eigenvalue weighted by molar-refractivity contribution is 7.04. The van der Waals surface area contributed by atoms with Gasteiger partial charge in [-0.25, -0.2) is 0 Å². The van der Waals surface area contributed by atoms with E-state index >= 15 is 0 Å². The number of hydrogen-bond donors (Lipinski definition) is 2. The number of quaternary nitrogens is 1. The molecule has 9 heteroatoms. The Labute approximate surface area is 244 Å². The van der Waals surface area contributed by atoms with Gasteiger partial charge in [-0.2, -0.15) is 4.37 Å². The molecule has 1 aliphatic carbocycles. The number of rotatable bonds is 9. The van der Waals surface area contributed by atoms with Crippen molar-refractivity contribution < 1.29 is 37.1 Å². The van der Waals surface area contributed by atoms with E-state index in [1.54, 1.807) is 21.3 Å². The summed E-state index contributed by atoms with van der Waals surface area (Å²) in [5.74, 6) is 1.78. The Morgan fingerprint density at radius 2 is 1.80 bits per heavy atom. The van der Waals surface area contributed by atoms with Crippen molar-refractivity contribution in [2.75, 3.05) is 26.6 Å². The first-order valence-electron chi connectivity index (χ1n) is 12.7. The minimum atomic E-state index is -0.438. The van der Waals surface area contributed by atoms with Crippen LogP contribution in [0.25, 0.3) is 28.5 Å². The van der Waals surface area contributed by atoms with Crippen LogP contribution in [-0.2, 0) is 11.2 Å². The first-order chi connectivity index (χ1) is 18.9. The molecular formula is C31H32ClN3O4S. The molecule has 0 bridgehead atoms. The Kier molecular flexibility index (Phi) is 9.14. The summed E-state index contributed by atoms with van der Waals surface area (Å²) in [6.07, 6.45) is 3.63. The van der Waals surface area contributed by atoms with Gasteiger partial charge in [0.1, 0.15) is 5.75 Å². The molecule has 0 fully saturated rings. The van der Waals surface area contributed by atoms with Gasteiger partial charge in [0.2, 0.25) is 0 Å². The van der Waals surface area contributed by atoms with Gasteiger partial charge >= 0.3 is 0 Å². The van der Waals surface area contributed by atoms with Crippen LogP contribution in [0.4, 0.5) is 5.69 Å². The lowest BCUT2D eigenvalue weighted by Crippen LogP contribution is -3.00. The molecule has 0 saturated carbocycles. The number of aryl methyl sites for hydroxylation is 1. The highest BCUT2D eigenvalue weighted by Gasteiger charge is 2.24. The van der Waals surface area contributed by atoms with E-state index in [4.69, 9.17) is 14.2 Å². The number of fused-ring (bicyclic) bond motifs is 1. The van der Waals surface area contributed by atoms with Gasteiger partial charge in [0.05, 0.1) is 32.7 Å². The number of nitrogens with zero attached hydrogens (tertiary/aromatic N) is 1. The van der Waals surface area contributed by atoms with Crippen molar-refractivity contribution in [2.24, 2.45) is 0 Å². The van der Waals surface area contributed by atoms with Gasteiger partial charge in [-0.15, -0.1) is 0 Å². The van der Waals surface area contributed by atoms with E-state index in [2.05, 4.69) is 33.6 Å². The van der Waals surface area contributed by atoms with Gasteiger partial charge in [-0.05, 0) is 71.4 Å². The predicted octanol–water partition coefficient (Wildman–Crippen LogP) is 2.39. The molecular weight excluding hydrogens is 546 g/mol. The maximum Gasteiger partial charge on any atom is 0.282 e. The zero-order valence-corrected chi connectivity index (χ0v) is 24.5. The van der Waals surface area contributed by atoms with Crippen molar-refractivity contribution in [2.45, 2.75) is 25.8 Å². The van der Waals surface area contributed by atoms with Gasteiger partial charge in [-0.3, -0.25) is 4.79 Å². The summed E-state index contributed by atoms with van der Waals surface area (Å²) >= 11 is 1.38. The standard InChI is InChI=1S/C31H31N3O4S.ClH/c1-18-11-23(16-28(37-3)30(18)38-4)29-24(17-39-34-29)22-9-10-27(36-2)26(15-22)33-31(35)25(32)14-19-12-20-7-5-6-8-21(20)13-19;/h5-12,15-17,25H,13-14,32H2,1-4H3,(H,33,35);1H/t25-;/m0./s1. The molecule has 1 aliphatic rings. The molecule has 4 N–H and O–H groups in total. The maximum atomic E-state index is 13.2. The molecule has 0 aliphatic heterocycles. The van der Waals surface area contributed by atoms with Crippen LogP contribution in [-0.4, -0.2) is 37.7 Å². The molecule has 0 saturated heterocycles. The van der Waals surface area contributed by atoms with Gasteiger partial charge in [0, 0.05) is 22.9 Å². The lowest BCUT2D eigenvalue weighted by molar-refractivity contribution is -0.401. The van der Waals surface area contributed by atoms with E-state index in [0.29, 0.717) is 29.4 Å². The summed E-state index contributed by atoms with van der Waals surface area (Å²) in [6, 6.07) is 17.6. The smallest absolute Gasteiger partial charge is 0.282 e. The average Bonchev–Trinajstić information content (AvgIpc) is 3.59. The Morgan fingerprint density at radius 3 is 2.52 bits per heavy atom. The van der Waals surface area contributed by atoms with Crippen molar-refractivity contribution in [1.82, 2.24) is 4.37 Å². The summed E-state index contributed by atoms with van der Waals surface area (Å²) in [7, 11) is 4.85. The van der Waals surface area contributed by atoms with Crippen LogP contribution < -0.4 is 37.7 Å². The summed E-state index contributed by atoms with van der Waals surface area (Å²) in [5.41, 5.74) is 13.0. The summed E-state index contributed by atoms with van der Waals surface area (Å²) in [4.78, 5) is 13.2. The maximum absolute atomic E-state index is 13.2. The van der Waals surface area contributed by atoms with Crippen molar-refractivity contribution >= 4 is 29.2 Å². The number of amides is 1. The lowest BCUT2D eigenvalue weighted by Gasteiger charge is -2.15. The highest BCUT2D eigenvalue weighted by Crippen LogP contribution is 2.41. The fourth-order valence-electron chi connectivity index (χ4n) is 5.04. The van der Waals surface area contributed by atoms with E-state index < -0.39 is 6.04 Å². The molecule has 7 nitrogen and oxygen atoms in total. The van der Waals surface area contributed by atoms with E-state index in [1.165, 1.54) is 28.2 Å². The SMILES string of the molecule is COc1ccc(-c2csnc2-c2cc(C)c(OC)c(OC)c2)cc1NC(=O)[C@@H]([NH3+])CC1=Cc2ccccc2C1.[Cl-]. The van der Waals surface area contributed by atoms with E-state index in [0.717, 1.165) is 34.4 Å². The second kappa shape index (κ2) is 12.6. The fourth-order valence-corrected chi connectivity index (χ4v) is 5.76. The molecule has 4 aromatic rings. The molecule has 0 unspecified atom stereocenters. The van der Waals surface area contributed by atoms with E-state index in [1.807, 2.05) is 54.8 Å². The van der Waals surface area contributed by atoms with Crippen LogP contribution >= 0.6 is 11.5 Å². The molecule has 1 atom stereocenters. The number of benzene rings is 3. The van der Waals surface area contributed by atoms with Crippen LogP contribution in [0.2, 0.25) is 0 Å². The third kappa shape index (κ3) is 5.84. The molecule has 1 amide bonds. The molecule has 3 aromatic carbocycles. The van der Waals surface area contributed by atoms with Gasteiger partial charge in [-0.1, -0.05) is 42.0 Å². The number of anilines is 1. The van der Waals surface area contributed by atoms with Crippen LogP contribution in [0.3, 0.4) is 0 Å². The van der Waals surface area contributed by atoms with Gasteiger partial charge in [0.15, 0.2) is 17.5 Å². The first-order valence-corrected chi connectivity index (χ1v) is 13.5. The minimum absolute atomic E-state index is 0. The Morgan fingerprint density at radius 1 is 1.02 bits per heavy atom. The second-order valence-corrected chi connectivity index (χ2v) is 10.2. The molecule has 40 heavy (non-hydrogen) atoms. The number of ether oxygens (including phenoxy) is 3. The molecule has 1 aromatic heterocycles. The second-order valence-electron chi connectivity index (χ2n) is 9.59. The third-order valence-electron chi connectivity index (χ3n) is 6.99. The largest absolute Gasteiger partial charge is 1.00 e. The Hall–Kier alpha value is -3.85. The van der Waals surface area contributed by atoms with Gasteiger partial charge < -0.3 is 37.7 Å². The molecule has 0 spiro atoms. The summed E-state index contributed by atoms with van der Waals surface area (Å²) in [6.45, 7) is 1.98. The molecule has 5 rings (SSSR count). The predicted molar refractivity (Wildman–Crippen MR) is 155 cm³/mol. The van der Waals surface area contributed by atoms with E-state index in [9.17, 15) is 4.79 Å². The van der Waals surface area contributed by atoms with Crippen LogP contribution in [0, 0.1) is 6.92 Å². The van der Waals surface area contributed by atoms with Crippen molar-refractivity contribution in [3.05, 3.63) is 82.2 Å². The molecule has 208 valence electrons. The normalized spacial score (nSPS) is 12.6. The fraction of sp³-hybridized carbons (Fsp3) is 0.226. The first kappa shape index (κ1) is 29.1. The van der Waals surface area contributed by atoms with Crippen molar-refractivity contribution in [3.63, 3.8) is 0 Å². The Balaban J connectivity index is 0.00000370. The topological polar surface area (TPSA) is 97.3 Å². The van der Waals surface area contributed by atoms with Crippen molar-refractivity contribution in [1.29, 1.82) is 0 Å². The number of nitrogens with one attached hydrogen (secondary N) is 1. The number of hydrogen-bond acceptors (Lipinski definition) is 6. The number of halogens is 1. The Bertz CT molecular complexity index is 1570. The lowest BCUT2D eigenvalue weighted by atomic mass is 9.99. The van der Waals surface area contributed by atoms with Crippen LogP contribution in [0.1, 0.15) is 23.1 Å². The number of carbonyl (C=O) groups excluding carboxylic acids is 1. The summed E-state index contributed by atoms with van der Waals surface area (Å²) < 4.78 is 21.3. The highest BCUT2D eigenvalue weighted by atomic mass is 35.5. The van der Waals surface area contributed by atoms with Crippen molar-refractivity contribution in [3.8, 4) is 39.6 Å². The van der Waals surface area contributed by atoms with Gasteiger partial charge in [0.25, 0.3) is 5.91 Å².